The van der Waals surface area contributed by atoms with Crippen molar-refractivity contribution in [2.24, 2.45) is 0 Å². The molecule has 0 saturated carbocycles. The first-order valence-electron chi connectivity index (χ1n) is 4.11. The van der Waals surface area contributed by atoms with Crippen LogP contribution >= 0.6 is 0 Å². The van der Waals surface area contributed by atoms with Gasteiger partial charge in [0.1, 0.15) is 0 Å². The zero-order valence-corrected chi connectivity index (χ0v) is 8.46. The van der Waals surface area contributed by atoms with Crippen molar-refractivity contribution in [3.05, 3.63) is 24.8 Å². The normalized spacial score (nSPS) is 13.5. The van der Waals surface area contributed by atoms with Crippen LogP contribution in [0.25, 0.3) is 0 Å². The third-order valence-electron chi connectivity index (χ3n) is 1.45. The third kappa shape index (κ3) is 3.96. The Hall–Kier alpha value is -1.05. The minimum Gasteiger partial charge on any atom is -0.201 e. The first kappa shape index (κ1) is 11.0. The van der Waals surface area contributed by atoms with E-state index in [9.17, 15) is 0 Å². The van der Waals surface area contributed by atoms with Crippen LogP contribution in [0.4, 0.5) is 0 Å². The van der Waals surface area contributed by atoms with Crippen molar-refractivity contribution in [3.8, 4) is 0 Å². The van der Waals surface area contributed by atoms with Crippen molar-refractivity contribution in [3.63, 3.8) is 0 Å². The summed E-state index contributed by atoms with van der Waals surface area (Å²) in [5.74, 6) is 0. The smallest absolute Gasteiger partial charge is 0.193 e. The maximum atomic E-state index is 3.60. The summed E-state index contributed by atoms with van der Waals surface area (Å²) in [5, 5.41) is 0. The Bertz CT molecular complexity index is 194. The van der Waals surface area contributed by atoms with Gasteiger partial charge in [-0.1, -0.05) is 18.7 Å². The quantitative estimate of drug-likeness (QED) is 0.293. The predicted molar refractivity (Wildman–Crippen MR) is 54.5 cm³/mol. The molecule has 0 aliphatic rings. The van der Waals surface area contributed by atoms with Crippen LogP contribution in [0.5, 0.6) is 0 Å². The molecule has 1 N–H and O–H groups in total. The van der Waals surface area contributed by atoms with E-state index in [1.807, 2.05) is 30.1 Å². The first-order valence-corrected chi connectivity index (χ1v) is 4.11. The standard InChI is InChI=1S/C10H19N2/c1-6-7-8-9-12(11-5)10(2,3)4/h6-9,11H,1H2,2-5H3/q+1/b8-7-,12-9-. The molecule has 0 aromatic carbocycles. The van der Waals surface area contributed by atoms with E-state index in [1.165, 1.54) is 0 Å². The fourth-order valence-corrected chi connectivity index (χ4v) is 0.848. The van der Waals surface area contributed by atoms with Crippen LogP contribution in [0.2, 0.25) is 0 Å². The summed E-state index contributed by atoms with van der Waals surface area (Å²) in [6.45, 7) is 10.0. The molecule has 0 aromatic heterocycles. The van der Waals surface area contributed by atoms with Gasteiger partial charge in [-0.15, -0.1) is 4.68 Å². The average Bonchev–Trinajstić information content (AvgIpc) is 1.95. The zero-order chi connectivity index (χ0) is 9.61. The topological polar surface area (TPSA) is 15.0 Å². The molecule has 0 heterocycles. The van der Waals surface area contributed by atoms with Gasteiger partial charge in [0.15, 0.2) is 11.8 Å². The van der Waals surface area contributed by atoms with Crippen molar-refractivity contribution in [1.82, 2.24) is 5.43 Å². The Balaban J connectivity index is 4.44. The molecule has 0 unspecified atom stereocenters. The summed E-state index contributed by atoms with van der Waals surface area (Å²) in [5.41, 5.74) is 3.19. The monoisotopic (exact) mass is 167 g/mol. The van der Waals surface area contributed by atoms with E-state index in [4.69, 9.17) is 0 Å². The molecule has 0 aliphatic heterocycles. The maximum Gasteiger partial charge on any atom is 0.193 e. The fraction of sp³-hybridized carbons (Fsp3) is 0.500. The predicted octanol–water partition coefficient (Wildman–Crippen LogP) is 1.74. The summed E-state index contributed by atoms with van der Waals surface area (Å²) in [6.07, 6.45) is 7.60. The molecule has 0 bridgehead atoms. The van der Waals surface area contributed by atoms with E-state index in [-0.39, 0.29) is 5.54 Å². The molecule has 0 rings (SSSR count). The molecule has 0 radical (unpaired) electrons. The average molecular weight is 167 g/mol. The molecule has 2 nitrogen and oxygen atoms in total. The number of rotatable bonds is 3. The van der Waals surface area contributed by atoms with Crippen molar-refractivity contribution < 1.29 is 4.68 Å². The minimum absolute atomic E-state index is 0.0975. The lowest BCUT2D eigenvalue weighted by Gasteiger charge is -2.14. The van der Waals surface area contributed by atoms with Gasteiger partial charge in [-0.05, 0) is 0 Å². The second kappa shape index (κ2) is 4.75. The Morgan fingerprint density at radius 2 is 1.83 bits per heavy atom. The van der Waals surface area contributed by atoms with Crippen molar-refractivity contribution >= 4 is 6.21 Å². The second-order valence-electron chi connectivity index (χ2n) is 3.53. The summed E-state index contributed by atoms with van der Waals surface area (Å²) in [6, 6.07) is 0. The number of allylic oxidation sites excluding steroid dienone is 3. The summed E-state index contributed by atoms with van der Waals surface area (Å²) >= 11 is 0. The molecule has 0 aromatic rings. The number of hydrogen-bond donors (Lipinski definition) is 1. The van der Waals surface area contributed by atoms with Gasteiger partial charge in [-0.3, -0.25) is 0 Å². The van der Waals surface area contributed by atoms with Gasteiger partial charge in [-0.25, -0.2) is 5.43 Å². The fourth-order valence-electron chi connectivity index (χ4n) is 0.848. The van der Waals surface area contributed by atoms with Gasteiger partial charge in [-0.2, -0.15) is 0 Å². The highest BCUT2D eigenvalue weighted by Gasteiger charge is 2.22. The van der Waals surface area contributed by atoms with Crippen LogP contribution in [0.1, 0.15) is 20.8 Å². The molecule has 68 valence electrons. The second-order valence-corrected chi connectivity index (χ2v) is 3.53. The van der Waals surface area contributed by atoms with Crippen LogP contribution in [0, 0.1) is 0 Å². The molecular weight excluding hydrogens is 148 g/mol. The van der Waals surface area contributed by atoms with Crippen LogP contribution in [0.3, 0.4) is 0 Å². The highest BCUT2D eigenvalue weighted by atomic mass is 15.4. The Kier molecular flexibility index (Phi) is 4.34. The number of nitrogens with zero attached hydrogens (tertiary/aromatic N) is 1. The lowest BCUT2D eigenvalue weighted by molar-refractivity contribution is -0.641. The highest BCUT2D eigenvalue weighted by Crippen LogP contribution is 2.02. The zero-order valence-electron chi connectivity index (χ0n) is 8.46. The first-order chi connectivity index (χ1) is 5.52. The number of hydrazone groups is 1. The van der Waals surface area contributed by atoms with Gasteiger partial charge in [0.2, 0.25) is 0 Å². The summed E-state index contributed by atoms with van der Waals surface area (Å²) < 4.78 is 2.03. The Morgan fingerprint density at radius 3 is 2.17 bits per heavy atom. The van der Waals surface area contributed by atoms with Gasteiger partial charge in [0.05, 0.1) is 7.05 Å². The number of hydrogen-bond acceptors (Lipinski definition) is 1. The lowest BCUT2D eigenvalue weighted by Crippen LogP contribution is -2.41. The van der Waals surface area contributed by atoms with Gasteiger partial charge >= 0.3 is 0 Å². The molecule has 0 aliphatic carbocycles. The molecule has 0 fully saturated rings. The van der Waals surface area contributed by atoms with E-state index in [0.717, 1.165) is 0 Å². The lowest BCUT2D eigenvalue weighted by atomic mass is 10.1. The summed E-state index contributed by atoms with van der Waals surface area (Å²) in [7, 11) is 1.91. The molecule has 0 amide bonds. The molecule has 12 heavy (non-hydrogen) atoms. The van der Waals surface area contributed by atoms with Gasteiger partial charge < -0.3 is 0 Å². The Morgan fingerprint density at radius 1 is 1.25 bits per heavy atom. The van der Waals surface area contributed by atoms with E-state index in [2.05, 4.69) is 32.8 Å². The number of nitrogens with one attached hydrogen (secondary N) is 1. The van der Waals surface area contributed by atoms with E-state index >= 15 is 0 Å². The Labute approximate surface area is 75.3 Å². The van der Waals surface area contributed by atoms with E-state index < -0.39 is 0 Å². The van der Waals surface area contributed by atoms with Crippen LogP contribution in [-0.4, -0.2) is 23.5 Å². The molecular formula is C10H19N2+. The minimum atomic E-state index is 0.0975. The van der Waals surface area contributed by atoms with Crippen molar-refractivity contribution in [2.45, 2.75) is 26.3 Å². The summed E-state index contributed by atoms with van der Waals surface area (Å²) in [4.78, 5) is 0. The molecule has 0 saturated heterocycles. The molecule has 0 atom stereocenters. The van der Waals surface area contributed by atoms with Gasteiger partial charge in [0, 0.05) is 26.8 Å². The maximum absolute atomic E-state index is 3.60. The van der Waals surface area contributed by atoms with Crippen LogP contribution in [-0.2, 0) is 0 Å². The van der Waals surface area contributed by atoms with Crippen molar-refractivity contribution in [2.75, 3.05) is 7.05 Å². The largest absolute Gasteiger partial charge is 0.201 e. The van der Waals surface area contributed by atoms with Crippen LogP contribution < -0.4 is 5.43 Å². The van der Waals surface area contributed by atoms with Crippen molar-refractivity contribution in [1.29, 1.82) is 0 Å². The van der Waals surface area contributed by atoms with Crippen LogP contribution in [0.15, 0.2) is 24.8 Å². The number of hydrazine groups is 1. The molecule has 0 spiro atoms. The molecule has 2 heteroatoms. The van der Waals surface area contributed by atoms with E-state index in [1.54, 1.807) is 6.08 Å². The SMILES string of the molecule is C=C/C=C\C=[N+](/NC)C(C)(C)C. The van der Waals surface area contributed by atoms with Gasteiger partial charge in [0.25, 0.3) is 0 Å². The highest BCUT2D eigenvalue weighted by molar-refractivity contribution is 5.66. The van der Waals surface area contributed by atoms with E-state index in [0.29, 0.717) is 0 Å². The third-order valence-corrected chi connectivity index (χ3v) is 1.45.